The maximum Gasteiger partial charge on any atom is 0.347 e. The summed E-state index contributed by atoms with van der Waals surface area (Å²) in [7, 11) is 0. The van der Waals surface area contributed by atoms with Crippen molar-refractivity contribution >= 4 is 70.6 Å². The number of benzene rings is 6. The van der Waals surface area contributed by atoms with E-state index in [0.29, 0.717) is 87.7 Å². The second kappa shape index (κ2) is 41.9. The molecule has 6 unspecified atom stereocenters. The van der Waals surface area contributed by atoms with E-state index in [9.17, 15) is 43.2 Å². The summed E-state index contributed by atoms with van der Waals surface area (Å²) in [6.07, 6.45) is -3.41. The zero-order valence-corrected chi connectivity index (χ0v) is 62.3. The van der Waals surface area contributed by atoms with Gasteiger partial charge in [-0.15, -0.1) is 0 Å². The number of rotatable bonds is 32. The maximum atomic E-state index is 12.6. The number of carbonyl (C=O) groups excluding carboxylic acids is 9. The summed E-state index contributed by atoms with van der Waals surface area (Å²) < 4.78 is 64.9. The van der Waals surface area contributed by atoms with Crippen LogP contribution in [0.15, 0.2) is 146 Å². The highest BCUT2D eigenvalue weighted by Gasteiger charge is 2.29. The summed E-state index contributed by atoms with van der Waals surface area (Å²) >= 11 is 0. The third-order valence-electron chi connectivity index (χ3n) is 14.0. The Kier molecular flexibility index (Phi) is 34.5. The van der Waals surface area contributed by atoms with Crippen LogP contribution >= 0.6 is 0 Å². The zero-order valence-electron chi connectivity index (χ0n) is 62.3. The number of carbonyl (C=O) groups is 9. The van der Waals surface area contributed by atoms with Crippen LogP contribution in [-0.4, -0.2) is 128 Å². The molecule has 24 nitrogen and oxygen atoms in total. The molecule has 0 bridgehead atoms. The van der Waals surface area contributed by atoms with Gasteiger partial charge in [0, 0.05) is 45.6 Å². The van der Waals surface area contributed by atoms with E-state index in [1.54, 1.807) is 229 Å². The molecule has 0 radical (unpaired) electrons. The van der Waals surface area contributed by atoms with Gasteiger partial charge in [0.15, 0.2) is 36.6 Å². The molecule has 0 heterocycles. The van der Waals surface area contributed by atoms with Crippen LogP contribution in [0.2, 0.25) is 0 Å². The molecule has 0 aliphatic heterocycles. The van der Waals surface area contributed by atoms with Crippen molar-refractivity contribution in [1.82, 2.24) is 0 Å². The molecule has 0 spiro atoms. The van der Waals surface area contributed by atoms with Gasteiger partial charge in [-0.3, -0.25) is 14.4 Å². The number of anilines is 3. The molecular weight excluding hydrogens is 1330 g/mol. The minimum Gasteiger partial charge on any atom is -0.479 e. The molecule has 0 aromatic heterocycles. The fourth-order valence-electron chi connectivity index (χ4n) is 8.84. The van der Waals surface area contributed by atoms with Gasteiger partial charge in [-0.05, 0) is 242 Å². The van der Waals surface area contributed by atoms with Crippen molar-refractivity contribution in [1.29, 1.82) is 0 Å². The Morgan fingerprint density at radius 1 is 0.301 bits per heavy atom. The summed E-state index contributed by atoms with van der Waals surface area (Å²) in [4.78, 5) is 110. The molecule has 24 heteroatoms. The Balaban J connectivity index is 0.000000327. The van der Waals surface area contributed by atoms with Crippen molar-refractivity contribution in [3.63, 3.8) is 0 Å². The van der Waals surface area contributed by atoms with Gasteiger partial charge in [-0.1, -0.05) is 41.5 Å². The lowest BCUT2D eigenvalue weighted by Gasteiger charge is -2.22. The van der Waals surface area contributed by atoms with Crippen LogP contribution < -0.4 is 44.4 Å². The Morgan fingerprint density at radius 3 is 0.748 bits per heavy atom. The van der Waals surface area contributed by atoms with Gasteiger partial charge >= 0.3 is 35.8 Å². The molecule has 3 amide bonds. The molecule has 0 saturated carbocycles. The van der Waals surface area contributed by atoms with Crippen LogP contribution in [0.25, 0.3) is 0 Å². The molecule has 558 valence electrons. The van der Waals surface area contributed by atoms with Crippen LogP contribution in [0.1, 0.15) is 169 Å². The molecule has 103 heavy (non-hydrogen) atoms. The minimum absolute atomic E-state index is 0.0616. The minimum atomic E-state index is -0.785. The number of nitrogens with one attached hydrogen (secondary N) is 3. The third-order valence-corrected chi connectivity index (χ3v) is 14.0. The van der Waals surface area contributed by atoms with Gasteiger partial charge in [0.05, 0.1) is 26.4 Å². The Hall–Kier alpha value is -10.7. The molecule has 6 aromatic carbocycles. The first kappa shape index (κ1) is 84.8. The first-order valence-corrected chi connectivity index (χ1v) is 34.4. The zero-order chi connectivity index (χ0) is 76.6. The summed E-state index contributed by atoms with van der Waals surface area (Å²) in [5.74, 6) is -0.758. The first-order chi connectivity index (χ1) is 48.7. The smallest absolute Gasteiger partial charge is 0.347 e. The Labute approximate surface area is 604 Å². The van der Waals surface area contributed by atoms with E-state index in [1.807, 2.05) is 41.5 Å². The van der Waals surface area contributed by atoms with Gasteiger partial charge < -0.3 is 72.8 Å². The highest BCUT2D eigenvalue weighted by atomic mass is 16.6. The Bertz CT molecular complexity index is 3660. The van der Waals surface area contributed by atoms with Gasteiger partial charge in [-0.2, -0.15) is 0 Å². The molecule has 0 aliphatic rings. The summed E-state index contributed by atoms with van der Waals surface area (Å²) in [5.41, 5.74) is 1.79. The van der Waals surface area contributed by atoms with Gasteiger partial charge in [0.1, 0.15) is 45.7 Å². The van der Waals surface area contributed by atoms with Gasteiger partial charge in [-0.25, -0.2) is 28.8 Å². The van der Waals surface area contributed by atoms with Crippen molar-refractivity contribution < 1.29 is 100.0 Å². The summed E-state index contributed by atoms with van der Waals surface area (Å²) in [5, 5.41) is 8.41. The fraction of sp³-hybridized carbons (Fsp3) is 0.430. The van der Waals surface area contributed by atoms with Crippen LogP contribution in [0.5, 0.6) is 34.5 Å². The van der Waals surface area contributed by atoms with Crippen LogP contribution in [0.4, 0.5) is 17.1 Å². The van der Waals surface area contributed by atoms with Crippen molar-refractivity contribution in [3.8, 4) is 34.5 Å². The van der Waals surface area contributed by atoms with Crippen molar-refractivity contribution in [3.05, 3.63) is 162 Å². The van der Waals surface area contributed by atoms with E-state index in [4.69, 9.17) is 56.8 Å². The number of hydrogen-bond acceptors (Lipinski definition) is 21. The molecule has 0 fully saturated rings. The lowest BCUT2D eigenvalue weighted by atomic mass is 10.1. The predicted octanol–water partition coefficient (Wildman–Crippen LogP) is 14.4. The molecule has 6 rings (SSSR count). The highest BCUT2D eigenvalue weighted by Crippen LogP contribution is 2.26. The second-order valence-corrected chi connectivity index (χ2v) is 25.7. The average Bonchev–Trinajstić information content (AvgIpc) is 0.864. The highest BCUT2D eigenvalue weighted by molar-refractivity contribution is 6.05. The molecule has 6 aromatic rings. The lowest BCUT2D eigenvalue weighted by Crippen LogP contribution is -2.34. The van der Waals surface area contributed by atoms with E-state index in [2.05, 4.69) is 16.0 Å². The number of ether oxygens (including phenoxy) is 12. The van der Waals surface area contributed by atoms with Crippen molar-refractivity contribution in [2.24, 2.45) is 11.8 Å². The fourth-order valence-corrected chi connectivity index (χ4v) is 8.84. The van der Waals surface area contributed by atoms with E-state index < -0.39 is 83.6 Å². The average molecular weight is 1430 g/mol. The van der Waals surface area contributed by atoms with Crippen molar-refractivity contribution in [2.45, 2.75) is 185 Å². The summed E-state index contributed by atoms with van der Waals surface area (Å²) in [6, 6.07) is 39.6. The largest absolute Gasteiger partial charge is 0.479 e. The predicted molar refractivity (Wildman–Crippen MR) is 389 cm³/mol. The van der Waals surface area contributed by atoms with Crippen LogP contribution in [0.3, 0.4) is 0 Å². The molecule has 6 atom stereocenters. The maximum absolute atomic E-state index is 12.6. The number of esters is 6. The second-order valence-electron chi connectivity index (χ2n) is 25.7. The number of amides is 3. The lowest BCUT2D eigenvalue weighted by molar-refractivity contribution is -0.163. The SMILES string of the molecule is CC(Oc1ccc(NC(=O)c2ccc(OC(C)C(=O)OC(C)(C)C)cc2)cc1)C(=O)OC(C)(C)C.CCOC(=O)C(CC)Oc1ccc(NC(=O)c2ccc(OC(CC)C(=O)OCC)cc2)cc1.CCOC(=O)C(Oc1ccc(NC(=O)c2ccc(OC(C(=O)OCC)C(C)C)cc2)cc1)C(C)C. The summed E-state index contributed by atoms with van der Waals surface area (Å²) in [6.45, 7) is 33.3. The van der Waals surface area contributed by atoms with E-state index >= 15 is 0 Å². The van der Waals surface area contributed by atoms with Crippen LogP contribution in [0, 0.1) is 11.8 Å². The third kappa shape index (κ3) is 30.2. The first-order valence-electron chi connectivity index (χ1n) is 34.4. The topological polar surface area (TPSA) is 300 Å². The molecule has 3 N–H and O–H groups in total. The molecule has 0 aliphatic carbocycles. The van der Waals surface area contributed by atoms with Crippen LogP contribution in [-0.2, 0) is 57.2 Å². The van der Waals surface area contributed by atoms with E-state index in [0.717, 1.165) is 0 Å². The normalized spacial score (nSPS) is 12.7. The molecular formula is C79H101N3O21. The van der Waals surface area contributed by atoms with Crippen molar-refractivity contribution in [2.75, 3.05) is 42.4 Å². The molecule has 0 saturated heterocycles. The quantitative estimate of drug-likeness (QED) is 0.0261. The Morgan fingerprint density at radius 2 is 0.524 bits per heavy atom. The van der Waals surface area contributed by atoms with E-state index in [-0.39, 0.29) is 49.4 Å². The monoisotopic (exact) mass is 1430 g/mol. The van der Waals surface area contributed by atoms with Gasteiger partial charge in [0.2, 0.25) is 0 Å². The van der Waals surface area contributed by atoms with Gasteiger partial charge in [0.25, 0.3) is 17.7 Å². The van der Waals surface area contributed by atoms with E-state index in [1.165, 1.54) is 0 Å². The number of hydrogen-bond donors (Lipinski definition) is 3. The standard InChI is InChI=1S/2C27H35NO7.C25H31NO7/c1-17(24(30)34-26(3,4)5)32-21-13-9-19(10-14-21)23(29)28-20-11-15-22(16-12-20)33-18(2)25(31)35-27(6,7)8;1-7-32-26(30)23(17(3)4)34-21-13-9-19(10-14-21)25(29)28-20-11-15-22(16-12-20)35-24(18(5)6)27(31)33-8-2;1-5-21(24(28)30-7-3)32-19-13-9-17(10-14-19)23(27)26-18-11-15-20(16-12-18)33-22(6-2)25(29)31-8-4/h9-18H,1-8H3,(H,28,29);9-18,23-24H,7-8H2,1-6H3,(H,28,29);9-16,21-22H,5-8H2,1-4H3,(H,26,27).